The quantitative estimate of drug-likeness (QED) is 0.416. The van der Waals surface area contributed by atoms with Gasteiger partial charge in [0.1, 0.15) is 4.32 Å². The Bertz CT molecular complexity index is 309. The van der Waals surface area contributed by atoms with Crippen molar-refractivity contribution in [3.63, 3.8) is 0 Å². The van der Waals surface area contributed by atoms with Crippen molar-refractivity contribution in [3.05, 3.63) is 0 Å². The Hall–Kier alpha value is -0.820. The average Bonchev–Trinajstić information content (AvgIpc) is 2.39. The summed E-state index contributed by atoms with van der Waals surface area (Å²) in [6, 6.07) is 0. The first kappa shape index (κ1) is 18.2. The van der Waals surface area contributed by atoms with E-state index in [-0.39, 0.29) is 11.9 Å². The van der Waals surface area contributed by atoms with Crippen LogP contribution in [0.4, 0.5) is 0 Å². The fraction of sp³-hybridized carbons (Fsp3) is 0.750. The summed E-state index contributed by atoms with van der Waals surface area (Å²) in [6.45, 7) is 0.634. The first-order valence-electron chi connectivity index (χ1n) is 6.15. The van der Waals surface area contributed by atoms with Gasteiger partial charge in [-0.3, -0.25) is 9.59 Å². The third-order valence-corrected chi connectivity index (χ3v) is 4.04. The molecule has 0 atom stereocenters. The summed E-state index contributed by atoms with van der Waals surface area (Å²) in [6.07, 6.45) is 3.00. The number of nitrogens with one attached hydrogen (secondary N) is 1. The highest BCUT2D eigenvalue weighted by Crippen LogP contribution is 2.05. The second-order valence-electron chi connectivity index (χ2n) is 4.19. The molecule has 0 rings (SSSR count). The van der Waals surface area contributed by atoms with Gasteiger partial charge >= 0.3 is 5.97 Å². The number of amides is 1. The van der Waals surface area contributed by atoms with Gasteiger partial charge in [0, 0.05) is 27.1 Å². The van der Waals surface area contributed by atoms with E-state index in [0.29, 0.717) is 23.0 Å². The lowest BCUT2D eigenvalue weighted by Crippen LogP contribution is -2.28. The van der Waals surface area contributed by atoms with Crippen LogP contribution in [0.3, 0.4) is 0 Å². The van der Waals surface area contributed by atoms with Gasteiger partial charge in [-0.1, -0.05) is 30.4 Å². The van der Waals surface area contributed by atoms with Crippen LogP contribution in [-0.4, -0.2) is 54.6 Å². The fourth-order valence-electron chi connectivity index (χ4n) is 1.21. The molecule has 0 spiro atoms. The summed E-state index contributed by atoms with van der Waals surface area (Å²) in [5.41, 5.74) is 0. The second kappa shape index (κ2) is 11.0. The largest absolute Gasteiger partial charge is 0.469 e. The maximum absolute atomic E-state index is 11.5. The Balaban J connectivity index is 3.44. The first-order valence-corrected chi connectivity index (χ1v) is 7.54. The van der Waals surface area contributed by atoms with E-state index < -0.39 is 0 Å². The smallest absolute Gasteiger partial charge is 0.305 e. The highest BCUT2D eigenvalue weighted by molar-refractivity contribution is 8.23. The summed E-state index contributed by atoms with van der Waals surface area (Å²) in [5, 5.41) is 2.82. The van der Waals surface area contributed by atoms with Gasteiger partial charge in [-0.15, -0.1) is 0 Å². The molecule has 0 unspecified atom stereocenters. The maximum atomic E-state index is 11.5. The minimum absolute atomic E-state index is 0.0119. The second-order valence-corrected chi connectivity index (χ2v) is 5.79. The van der Waals surface area contributed by atoms with Crippen LogP contribution >= 0.6 is 24.0 Å². The van der Waals surface area contributed by atoms with Gasteiger partial charge < -0.3 is 15.0 Å². The minimum Gasteiger partial charge on any atom is -0.469 e. The molecule has 110 valence electrons. The molecular formula is C12H22N2O3S2. The fourth-order valence-corrected chi connectivity index (χ4v) is 2.00. The zero-order chi connectivity index (χ0) is 14.7. The molecule has 0 aromatic rings. The van der Waals surface area contributed by atoms with E-state index in [4.69, 9.17) is 12.2 Å². The number of esters is 1. The number of nitrogens with zero attached hydrogens (tertiary/aromatic N) is 1. The number of thioether (sulfide) groups is 1. The number of hydrogen-bond donors (Lipinski definition) is 1. The van der Waals surface area contributed by atoms with Crippen molar-refractivity contribution >= 4 is 40.2 Å². The third kappa shape index (κ3) is 10.8. The molecule has 0 fully saturated rings. The molecule has 1 amide bonds. The summed E-state index contributed by atoms with van der Waals surface area (Å²) < 4.78 is 5.24. The zero-order valence-corrected chi connectivity index (χ0v) is 13.4. The van der Waals surface area contributed by atoms with Crippen LogP contribution in [0.1, 0.15) is 25.7 Å². The highest BCUT2D eigenvalue weighted by atomic mass is 32.2. The molecule has 1 N–H and O–H groups in total. The monoisotopic (exact) mass is 306 g/mol. The predicted molar refractivity (Wildman–Crippen MR) is 82.2 cm³/mol. The van der Waals surface area contributed by atoms with Crippen LogP contribution in [0.5, 0.6) is 0 Å². The Morgan fingerprint density at radius 3 is 2.53 bits per heavy atom. The standard InChI is InChI=1S/C12H22N2O3S2/c1-14(2)12(18)19-9-10(15)13-8-6-4-5-7-11(16)17-3/h4-9H2,1-3H3,(H,13,15). The van der Waals surface area contributed by atoms with E-state index >= 15 is 0 Å². The van der Waals surface area contributed by atoms with Crippen LogP contribution in [-0.2, 0) is 14.3 Å². The third-order valence-electron chi connectivity index (χ3n) is 2.30. The minimum atomic E-state index is -0.183. The maximum Gasteiger partial charge on any atom is 0.305 e. The number of ether oxygens (including phenoxy) is 1. The van der Waals surface area contributed by atoms with Crippen molar-refractivity contribution in [3.8, 4) is 0 Å². The molecule has 0 aliphatic rings. The van der Waals surface area contributed by atoms with Crippen molar-refractivity contribution in [2.24, 2.45) is 0 Å². The Morgan fingerprint density at radius 1 is 1.26 bits per heavy atom. The van der Waals surface area contributed by atoms with Gasteiger partial charge in [-0.25, -0.2) is 0 Å². The van der Waals surface area contributed by atoms with Crippen molar-refractivity contribution < 1.29 is 14.3 Å². The summed E-state index contributed by atoms with van der Waals surface area (Å²) in [5.74, 6) is 0.152. The van der Waals surface area contributed by atoms with Gasteiger partial charge in [0.2, 0.25) is 5.91 Å². The Labute approximate surface area is 124 Å². The molecule has 0 saturated carbocycles. The van der Waals surface area contributed by atoms with Gasteiger partial charge in [-0.2, -0.15) is 0 Å². The first-order chi connectivity index (χ1) is 8.97. The van der Waals surface area contributed by atoms with Gasteiger partial charge in [0.05, 0.1) is 12.9 Å². The summed E-state index contributed by atoms with van der Waals surface area (Å²) >= 11 is 6.42. The van der Waals surface area contributed by atoms with Crippen molar-refractivity contribution in [2.45, 2.75) is 25.7 Å². The van der Waals surface area contributed by atoms with Crippen LogP contribution in [0, 0.1) is 0 Å². The molecule has 19 heavy (non-hydrogen) atoms. The topological polar surface area (TPSA) is 58.6 Å². The van der Waals surface area contributed by atoms with E-state index in [1.165, 1.54) is 18.9 Å². The molecular weight excluding hydrogens is 284 g/mol. The highest BCUT2D eigenvalue weighted by Gasteiger charge is 2.05. The normalized spacial score (nSPS) is 9.84. The van der Waals surface area contributed by atoms with Crippen LogP contribution in [0.2, 0.25) is 0 Å². The molecule has 0 radical (unpaired) electrons. The number of hydrogen-bond acceptors (Lipinski definition) is 5. The van der Waals surface area contributed by atoms with Crippen molar-refractivity contribution in [1.82, 2.24) is 10.2 Å². The molecule has 0 aromatic carbocycles. The Kier molecular flexibility index (Phi) is 10.6. The van der Waals surface area contributed by atoms with Crippen molar-refractivity contribution in [1.29, 1.82) is 0 Å². The predicted octanol–water partition coefficient (Wildman–Crippen LogP) is 1.42. The van der Waals surface area contributed by atoms with Gasteiger partial charge in [0.25, 0.3) is 0 Å². The van der Waals surface area contributed by atoms with Gasteiger partial charge in [-0.05, 0) is 12.8 Å². The number of rotatable bonds is 8. The molecule has 7 heteroatoms. The zero-order valence-electron chi connectivity index (χ0n) is 11.7. The lowest BCUT2D eigenvalue weighted by Gasteiger charge is -2.12. The van der Waals surface area contributed by atoms with Gasteiger partial charge in [0.15, 0.2) is 0 Å². The van der Waals surface area contributed by atoms with Crippen LogP contribution < -0.4 is 5.32 Å². The van der Waals surface area contributed by atoms with Crippen LogP contribution in [0.15, 0.2) is 0 Å². The van der Waals surface area contributed by atoms with E-state index in [1.54, 1.807) is 4.90 Å². The number of methoxy groups -OCH3 is 1. The van der Waals surface area contributed by atoms with Crippen molar-refractivity contribution in [2.75, 3.05) is 33.5 Å². The molecule has 0 heterocycles. The Morgan fingerprint density at radius 2 is 1.95 bits per heavy atom. The summed E-state index contributed by atoms with van der Waals surface area (Å²) in [4.78, 5) is 24.1. The van der Waals surface area contributed by atoms with E-state index in [1.807, 2.05) is 14.1 Å². The molecule has 0 aromatic heterocycles. The molecule has 0 aliphatic carbocycles. The SMILES string of the molecule is COC(=O)CCCCCNC(=O)CSC(=S)N(C)C. The van der Waals surface area contributed by atoms with E-state index in [0.717, 1.165) is 19.3 Å². The molecule has 0 bridgehead atoms. The molecule has 0 saturated heterocycles. The molecule has 0 aliphatic heterocycles. The number of carbonyl (C=O) groups is 2. The van der Waals surface area contributed by atoms with E-state index in [2.05, 4.69) is 10.1 Å². The summed E-state index contributed by atoms with van der Waals surface area (Å²) in [7, 11) is 5.10. The lowest BCUT2D eigenvalue weighted by molar-refractivity contribution is -0.140. The average molecular weight is 306 g/mol. The number of carbonyl (C=O) groups excluding carboxylic acids is 2. The van der Waals surface area contributed by atoms with E-state index in [9.17, 15) is 9.59 Å². The number of thiocarbonyl (C=S) groups is 1. The molecule has 5 nitrogen and oxygen atoms in total. The lowest BCUT2D eigenvalue weighted by atomic mass is 10.2. The van der Waals surface area contributed by atoms with Crippen LogP contribution in [0.25, 0.3) is 0 Å². The number of unbranched alkanes of at least 4 members (excludes halogenated alkanes) is 2.